The number of nitrogens with zero attached hydrogens (tertiary/aromatic N) is 1. The average Bonchev–Trinajstić information content (AvgIpc) is 2.53. The van der Waals surface area contributed by atoms with Crippen LogP contribution in [0.25, 0.3) is 0 Å². The van der Waals surface area contributed by atoms with E-state index in [4.69, 9.17) is 4.74 Å². The first-order chi connectivity index (χ1) is 10.6. The number of hydrogen-bond acceptors (Lipinski definition) is 4. The number of carbonyl (C=O) groups is 1. The van der Waals surface area contributed by atoms with Crippen molar-refractivity contribution in [3.63, 3.8) is 0 Å². The second-order valence-electron chi connectivity index (χ2n) is 4.67. The predicted molar refractivity (Wildman–Crippen MR) is 78.1 cm³/mol. The van der Waals surface area contributed by atoms with Gasteiger partial charge in [-0.15, -0.1) is 0 Å². The Morgan fingerprint density at radius 3 is 2.32 bits per heavy atom. The van der Waals surface area contributed by atoms with Crippen molar-refractivity contribution in [2.45, 2.75) is 12.8 Å². The molecule has 0 saturated carbocycles. The van der Waals surface area contributed by atoms with E-state index in [0.29, 0.717) is 12.8 Å². The Balaban J connectivity index is 1.77. The summed E-state index contributed by atoms with van der Waals surface area (Å²) in [4.78, 5) is 21.7. The number of nitro benzene ring substituents is 1. The Morgan fingerprint density at radius 1 is 1.09 bits per heavy atom. The van der Waals surface area contributed by atoms with Gasteiger partial charge in [0.1, 0.15) is 5.82 Å². The molecule has 2 aromatic carbocycles. The summed E-state index contributed by atoms with van der Waals surface area (Å²) < 4.78 is 17.8. The highest BCUT2D eigenvalue weighted by molar-refractivity contribution is 5.89. The molecule has 0 unspecified atom stereocenters. The zero-order valence-electron chi connectivity index (χ0n) is 11.7. The van der Waals surface area contributed by atoms with E-state index in [1.54, 1.807) is 12.1 Å². The molecule has 114 valence electrons. The van der Waals surface area contributed by atoms with E-state index in [0.717, 1.165) is 5.56 Å². The van der Waals surface area contributed by atoms with E-state index < -0.39 is 10.9 Å². The van der Waals surface area contributed by atoms with E-state index in [9.17, 15) is 19.3 Å². The fraction of sp³-hybridized carbons (Fsp3) is 0.188. The van der Waals surface area contributed by atoms with Crippen LogP contribution >= 0.6 is 0 Å². The Bertz CT molecular complexity index is 653. The van der Waals surface area contributed by atoms with Crippen LogP contribution in [0.5, 0.6) is 0 Å². The lowest BCUT2D eigenvalue weighted by atomic mass is 10.1. The summed E-state index contributed by atoms with van der Waals surface area (Å²) in [6.07, 6.45) is 1.29. The standard InChI is InChI=1S/C16H14FNO4/c17-14-7-3-12(4-8-14)2-1-11-22-16(19)13-5-9-15(10-6-13)18(20)21/h3-10H,1-2,11H2. The van der Waals surface area contributed by atoms with Gasteiger partial charge in [0.25, 0.3) is 5.69 Å². The van der Waals surface area contributed by atoms with Gasteiger partial charge < -0.3 is 4.74 Å². The Labute approximate surface area is 126 Å². The molecule has 0 amide bonds. The fourth-order valence-electron chi connectivity index (χ4n) is 1.89. The molecule has 0 aromatic heterocycles. The van der Waals surface area contributed by atoms with Crippen molar-refractivity contribution in [2.24, 2.45) is 0 Å². The molecule has 0 fully saturated rings. The lowest BCUT2D eigenvalue weighted by Gasteiger charge is -2.05. The number of hydrogen-bond donors (Lipinski definition) is 0. The van der Waals surface area contributed by atoms with Gasteiger partial charge in [-0.05, 0) is 42.7 Å². The van der Waals surface area contributed by atoms with Gasteiger partial charge in [-0.3, -0.25) is 10.1 Å². The normalized spacial score (nSPS) is 10.2. The van der Waals surface area contributed by atoms with E-state index in [2.05, 4.69) is 0 Å². The quantitative estimate of drug-likeness (QED) is 0.354. The van der Waals surface area contributed by atoms with Crippen molar-refractivity contribution in [1.82, 2.24) is 0 Å². The van der Waals surface area contributed by atoms with E-state index in [-0.39, 0.29) is 23.7 Å². The Morgan fingerprint density at radius 2 is 1.73 bits per heavy atom. The summed E-state index contributed by atoms with van der Waals surface area (Å²) in [5, 5.41) is 10.5. The largest absolute Gasteiger partial charge is 0.462 e. The molecule has 0 radical (unpaired) electrons. The summed E-state index contributed by atoms with van der Waals surface area (Å²) in [5.74, 6) is -0.803. The molecular formula is C16H14FNO4. The van der Waals surface area contributed by atoms with Gasteiger partial charge in [0, 0.05) is 12.1 Å². The zero-order chi connectivity index (χ0) is 15.9. The van der Waals surface area contributed by atoms with Gasteiger partial charge in [0.2, 0.25) is 0 Å². The highest BCUT2D eigenvalue weighted by atomic mass is 19.1. The molecule has 0 N–H and O–H groups in total. The number of nitro groups is 1. The summed E-state index contributed by atoms with van der Waals surface area (Å²) >= 11 is 0. The maximum atomic E-state index is 12.7. The number of ether oxygens (including phenoxy) is 1. The lowest BCUT2D eigenvalue weighted by molar-refractivity contribution is -0.384. The minimum absolute atomic E-state index is 0.0761. The second-order valence-corrected chi connectivity index (χ2v) is 4.67. The van der Waals surface area contributed by atoms with Gasteiger partial charge in [-0.2, -0.15) is 0 Å². The maximum absolute atomic E-state index is 12.7. The first-order valence-electron chi connectivity index (χ1n) is 6.72. The number of carbonyl (C=O) groups excluding carboxylic acids is 1. The molecular weight excluding hydrogens is 289 g/mol. The molecule has 0 saturated heterocycles. The summed E-state index contributed by atoms with van der Waals surface area (Å²) in [5.41, 5.74) is 1.16. The molecule has 0 spiro atoms. The number of aryl methyl sites for hydroxylation is 1. The Hall–Kier alpha value is -2.76. The smallest absolute Gasteiger partial charge is 0.338 e. The third-order valence-corrected chi connectivity index (χ3v) is 3.07. The van der Waals surface area contributed by atoms with Gasteiger partial charge in [0.05, 0.1) is 17.1 Å². The van der Waals surface area contributed by atoms with Crippen molar-refractivity contribution in [2.75, 3.05) is 6.61 Å². The molecule has 0 aliphatic carbocycles. The summed E-state index contributed by atoms with van der Waals surface area (Å²) in [6.45, 7) is 0.229. The monoisotopic (exact) mass is 303 g/mol. The van der Waals surface area contributed by atoms with E-state index in [1.807, 2.05) is 0 Å². The third-order valence-electron chi connectivity index (χ3n) is 3.07. The molecule has 0 bridgehead atoms. The molecule has 2 aromatic rings. The van der Waals surface area contributed by atoms with Gasteiger partial charge in [-0.25, -0.2) is 9.18 Å². The number of halogens is 1. The third kappa shape index (κ3) is 4.37. The molecule has 5 nitrogen and oxygen atoms in total. The van der Waals surface area contributed by atoms with Crippen LogP contribution in [-0.2, 0) is 11.2 Å². The topological polar surface area (TPSA) is 69.4 Å². The minimum atomic E-state index is -0.530. The van der Waals surface area contributed by atoms with Crippen LogP contribution < -0.4 is 0 Å². The SMILES string of the molecule is O=C(OCCCc1ccc(F)cc1)c1ccc([N+](=O)[O-])cc1. The lowest BCUT2D eigenvalue weighted by Crippen LogP contribution is -2.07. The maximum Gasteiger partial charge on any atom is 0.338 e. The predicted octanol–water partition coefficient (Wildman–Crippen LogP) is 3.52. The molecule has 6 heteroatoms. The molecule has 2 rings (SSSR count). The average molecular weight is 303 g/mol. The van der Waals surface area contributed by atoms with Crippen LogP contribution in [0.3, 0.4) is 0 Å². The van der Waals surface area contributed by atoms with E-state index in [1.165, 1.54) is 36.4 Å². The van der Waals surface area contributed by atoms with Crippen LogP contribution in [-0.4, -0.2) is 17.5 Å². The fourth-order valence-corrected chi connectivity index (χ4v) is 1.89. The molecule has 0 atom stereocenters. The van der Waals surface area contributed by atoms with Crippen molar-refractivity contribution in [3.8, 4) is 0 Å². The Kier molecular flexibility index (Phi) is 5.19. The number of esters is 1. The zero-order valence-corrected chi connectivity index (χ0v) is 11.7. The van der Waals surface area contributed by atoms with Crippen molar-refractivity contribution < 1.29 is 18.8 Å². The van der Waals surface area contributed by atoms with Crippen LogP contribution in [0.2, 0.25) is 0 Å². The second kappa shape index (κ2) is 7.31. The van der Waals surface area contributed by atoms with Gasteiger partial charge in [0.15, 0.2) is 0 Å². The van der Waals surface area contributed by atoms with Gasteiger partial charge >= 0.3 is 5.97 Å². The van der Waals surface area contributed by atoms with Crippen molar-refractivity contribution in [3.05, 3.63) is 75.6 Å². The molecule has 0 heterocycles. The van der Waals surface area contributed by atoms with E-state index >= 15 is 0 Å². The summed E-state index contributed by atoms with van der Waals surface area (Å²) in [7, 11) is 0. The summed E-state index contributed by atoms with van der Waals surface area (Å²) in [6, 6.07) is 11.4. The highest BCUT2D eigenvalue weighted by Crippen LogP contribution is 2.13. The van der Waals surface area contributed by atoms with Crippen LogP contribution in [0.4, 0.5) is 10.1 Å². The van der Waals surface area contributed by atoms with Gasteiger partial charge in [-0.1, -0.05) is 12.1 Å². The van der Waals surface area contributed by atoms with Crippen LogP contribution in [0, 0.1) is 15.9 Å². The van der Waals surface area contributed by atoms with Crippen molar-refractivity contribution >= 4 is 11.7 Å². The number of non-ortho nitro benzene ring substituents is 1. The van der Waals surface area contributed by atoms with Crippen molar-refractivity contribution in [1.29, 1.82) is 0 Å². The molecule has 0 aliphatic heterocycles. The first kappa shape index (κ1) is 15.6. The van der Waals surface area contributed by atoms with Crippen LogP contribution in [0.1, 0.15) is 22.3 Å². The molecule has 22 heavy (non-hydrogen) atoms. The first-order valence-corrected chi connectivity index (χ1v) is 6.72. The minimum Gasteiger partial charge on any atom is -0.462 e. The number of rotatable bonds is 6. The molecule has 0 aliphatic rings. The highest BCUT2D eigenvalue weighted by Gasteiger charge is 2.10. The van der Waals surface area contributed by atoms with Crippen LogP contribution in [0.15, 0.2) is 48.5 Å². The number of benzene rings is 2.